The van der Waals surface area contributed by atoms with Gasteiger partial charge in [-0.1, -0.05) is 0 Å². The van der Waals surface area contributed by atoms with Gasteiger partial charge in [-0.15, -0.1) is 0 Å². The van der Waals surface area contributed by atoms with Crippen LogP contribution in [0, 0.1) is 0 Å². The molecular weight excluding hydrogens is 518 g/mol. The van der Waals surface area contributed by atoms with Crippen LogP contribution in [0.3, 0.4) is 0 Å². The van der Waals surface area contributed by atoms with Gasteiger partial charge in [-0.25, -0.2) is 0 Å². The van der Waals surface area contributed by atoms with Crippen LogP contribution in [0.4, 0.5) is 0 Å². The average Bonchev–Trinajstić information content (AvgIpc) is 2.84. The number of hydrogen-bond acceptors (Lipinski definition) is 15. The first kappa shape index (κ1) is 31.0. The lowest BCUT2D eigenvalue weighted by Gasteiger charge is -2.48. The summed E-state index contributed by atoms with van der Waals surface area (Å²) >= 11 is 0. The van der Waals surface area contributed by atoms with Crippen molar-refractivity contribution in [3.63, 3.8) is 0 Å². The van der Waals surface area contributed by atoms with E-state index in [0.717, 1.165) is 13.8 Å². The molecule has 0 aliphatic carbocycles. The molecule has 3 saturated heterocycles. The van der Waals surface area contributed by atoms with E-state index in [0.29, 0.717) is 0 Å². The van der Waals surface area contributed by atoms with Crippen molar-refractivity contribution >= 4 is 11.9 Å². The van der Waals surface area contributed by atoms with E-state index in [1.807, 2.05) is 0 Å². The molecule has 0 aromatic rings. The highest BCUT2D eigenvalue weighted by molar-refractivity contribution is 5.73. The van der Waals surface area contributed by atoms with E-state index in [4.69, 9.17) is 28.4 Å². The minimum absolute atomic E-state index is 0.606. The largest absolute Gasteiger partial charge is 0.454 e. The normalized spacial score (nSPS) is 47.8. The van der Waals surface area contributed by atoms with E-state index >= 15 is 0 Å². The van der Waals surface area contributed by atoms with Gasteiger partial charge >= 0.3 is 5.97 Å². The van der Waals surface area contributed by atoms with Crippen LogP contribution in [-0.2, 0) is 38.0 Å². The molecule has 3 rings (SSSR count). The number of esters is 1. The van der Waals surface area contributed by atoms with Crippen LogP contribution < -0.4 is 5.32 Å². The Labute approximate surface area is 217 Å². The molecule has 0 aromatic heterocycles. The standard InChI is InChI=1S/C22H37NO15/c1-6-12(27)15(30)16(31)21(33-6)38-18-13(28)7(2)34-22(19(18)35-9(4)26)37-17-11(23-8(3)25)20(32)36-10(5-24)14(17)29/h6-7,10-22,24,27-32H,5H2,1-4H3,(H,23,25)/t6-,7-,10+,11+,12-,13-,14+,15+,16+,17+,18+,19+,20+,21-,22-/m0/s1. The van der Waals surface area contributed by atoms with E-state index in [-0.39, 0.29) is 0 Å². The highest BCUT2D eigenvalue weighted by Crippen LogP contribution is 2.33. The second-order valence-electron chi connectivity index (χ2n) is 9.62. The highest BCUT2D eigenvalue weighted by Gasteiger charge is 2.54. The molecule has 3 aliphatic rings. The summed E-state index contributed by atoms with van der Waals surface area (Å²) in [4.78, 5) is 23.7. The van der Waals surface area contributed by atoms with E-state index in [2.05, 4.69) is 5.32 Å². The quantitative estimate of drug-likeness (QED) is 0.137. The van der Waals surface area contributed by atoms with Crippen molar-refractivity contribution < 1.29 is 73.8 Å². The van der Waals surface area contributed by atoms with Gasteiger partial charge in [-0.3, -0.25) is 9.59 Å². The lowest BCUT2D eigenvalue weighted by Crippen LogP contribution is -2.68. The SMILES string of the molecule is CC(=O)N[C@@H]1[C@@H](O[C@@H]2O[C@@H](C)[C@H](O)[C@@H](O[C@@H]3O[C@@H](C)[C@H](O)[C@@H](O)[C@H]3O)[C@H]2OC(C)=O)[C@H](O)[C@@H](CO)O[C@H]1O. The van der Waals surface area contributed by atoms with Gasteiger partial charge < -0.3 is 69.5 Å². The summed E-state index contributed by atoms with van der Waals surface area (Å²) < 4.78 is 33.3. The molecule has 0 radical (unpaired) electrons. The molecule has 3 heterocycles. The maximum Gasteiger partial charge on any atom is 0.303 e. The fourth-order valence-electron chi connectivity index (χ4n) is 4.64. The highest BCUT2D eigenvalue weighted by atomic mass is 16.8. The van der Waals surface area contributed by atoms with Crippen LogP contribution >= 0.6 is 0 Å². The minimum atomic E-state index is -1.74. The fraction of sp³-hybridized carbons (Fsp3) is 0.909. The van der Waals surface area contributed by atoms with Crippen LogP contribution in [0.5, 0.6) is 0 Å². The van der Waals surface area contributed by atoms with Crippen molar-refractivity contribution in [2.24, 2.45) is 0 Å². The molecule has 0 saturated carbocycles. The van der Waals surface area contributed by atoms with Crippen molar-refractivity contribution in [1.82, 2.24) is 5.32 Å². The van der Waals surface area contributed by atoms with Gasteiger partial charge in [-0.2, -0.15) is 0 Å². The Hall–Kier alpha value is -1.54. The predicted molar refractivity (Wildman–Crippen MR) is 120 cm³/mol. The molecule has 0 unspecified atom stereocenters. The van der Waals surface area contributed by atoms with Gasteiger partial charge in [-0.05, 0) is 13.8 Å². The fourth-order valence-corrected chi connectivity index (χ4v) is 4.64. The third-order valence-corrected chi connectivity index (χ3v) is 6.69. The number of hydrogen-bond donors (Lipinski definition) is 8. The minimum Gasteiger partial charge on any atom is -0.454 e. The second-order valence-corrected chi connectivity index (χ2v) is 9.62. The van der Waals surface area contributed by atoms with Gasteiger partial charge in [0.25, 0.3) is 0 Å². The third kappa shape index (κ3) is 6.60. The third-order valence-electron chi connectivity index (χ3n) is 6.69. The van der Waals surface area contributed by atoms with Crippen molar-refractivity contribution in [2.75, 3.05) is 6.61 Å². The zero-order chi connectivity index (χ0) is 28.5. The van der Waals surface area contributed by atoms with Gasteiger partial charge in [0.1, 0.15) is 54.9 Å². The van der Waals surface area contributed by atoms with Crippen molar-refractivity contribution in [1.29, 1.82) is 0 Å². The summed E-state index contributed by atoms with van der Waals surface area (Å²) in [6.45, 7) is 4.34. The molecule has 38 heavy (non-hydrogen) atoms. The topological polar surface area (TPSA) is 243 Å². The summed E-state index contributed by atoms with van der Waals surface area (Å²) in [6.07, 6.45) is -20.7. The molecule has 8 N–H and O–H groups in total. The average molecular weight is 556 g/mol. The summed E-state index contributed by atoms with van der Waals surface area (Å²) in [5.74, 6) is -1.46. The molecule has 16 nitrogen and oxygen atoms in total. The Kier molecular flexibility index (Phi) is 10.4. The first-order valence-electron chi connectivity index (χ1n) is 12.2. The number of carbonyl (C=O) groups is 2. The second kappa shape index (κ2) is 12.8. The van der Waals surface area contributed by atoms with Crippen LogP contribution in [0.25, 0.3) is 0 Å². The number of nitrogens with one attached hydrogen (secondary N) is 1. The van der Waals surface area contributed by atoms with Crippen LogP contribution in [-0.4, -0.2) is 146 Å². The van der Waals surface area contributed by atoms with Crippen molar-refractivity contribution in [3.05, 3.63) is 0 Å². The van der Waals surface area contributed by atoms with Gasteiger partial charge in [0.2, 0.25) is 5.91 Å². The molecule has 0 spiro atoms. The Balaban J connectivity index is 1.91. The lowest BCUT2D eigenvalue weighted by molar-refractivity contribution is -0.368. The Morgan fingerprint density at radius 3 is 1.89 bits per heavy atom. The summed E-state index contributed by atoms with van der Waals surface area (Å²) in [7, 11) is 0. The Morgan fingerprint density at radius 1 is 0.737 bits per heavy atom. The molecule has 1 amide bonds. The molecule has 0 bridgehead atoms. The monoisotopic (exact) mass is 555 g/mol. The molecule has 16 heteroatoms. The first-order valence-corrected chi connectivity index (χ1v) is 12.2. The molecular formula is C22H37NO15. The zero-order valence-corrected chi connectivity index (χ0v) is 21.3. The van der Waals surface area contributed by atoms with Crippen LogP contribution in [0.1, 0.15) is 27.7 Å². The van der Waals surface area contributed by atoms with Crippen molar-refractivity contribution in [3.8, 4) is 0 Å². The molecule has 220 valence electrons. The summed E-state index contributed by atoms with van der Waals surface area (Å²) in [5, 5.41) is 74.4. The number of carbonyl (C=O) groups excluding carboxylic acids is 2. The van der Waals surface area contributed by atoms with Gasteiger partial charge in [0.15, 0.2) is 25.0 Å². The molecule has 3 aliphatic heterocycles. The smallest absolute Gasteiger partial charge is 0.303 e. The van der Waals surface area contributed by atoms with E-state index in [1.165, 1.54) is 13.8 Å². The van der Waals surface area contributed by atoms with E-state index in [9.17, 15) is 45.3 Å². The summed E-state index contributed by atoms with van der Waals surface area (Å²) in [5.41, 5.74) is 0. The lowest BCUT2D eigenvalue weighted by atomic mass is 9.95. The Morgan fingerprint density at radius 2 is 1.32 bits per heavy atom. The number of ether oxygens (including phenoxy) is 6. The predicted octanol–water partition coefficient (Wildman–Crippen LogP) is -4.80. The first-order chi connectivity index (χ1) is 17.8. The van der Waals surface area contributed by atoms with E-state index in [1.54, 1.807) is 0 Å². The zero-order valence-electron chi connectivity index (χ0n) is 21.3. The van der Waals surface area contributed by atoms with E-state index < -0.39 is 111 Å². The Bertz CT molecular complexity index is 818. The molecule has 15 atom stereocenters. The molecule has 3 fully saturated rings. The summed E-state index contributed by atoms with van der Waals surface area (Å²) in [6, 6.07) is -1.35. The number of aliphatic hydroxyl groups excluding tert-OH is 7. The maximum absolute atomic E-state index is 12.0. The number of amides is 1. The number of aliphatic hydroxyl groups is 7. The molecule has 0 aromatic carbocycles. The number of rotatable bonds is 7. The van der Waals surface area contributed by atoms with Gasteiger partial charge in [0, 0.05) is 13.8 Å². The maximum atomic E-state index is 12.0. The van der Waals surface area contributed by atoms with Gasteiger partial charge in [0.05, 0.1) is 18.8 Å². The van der Waals surface area contributed by atoms with Crippen molar-refractivity contribution in [2.45, 2.75) is 120 Å². The van der Waals surface area contributed by atoms with Crippen LogP contribution in [0.15, 0.2) is 0 Å². The van der Waals surface area contributed by atoms with Crippen LogP contribution in [0.2, 0.25) is 0 Å².